The first-order valence-electron chi connectivity index (χ1n) is 7.95. The van der Waals surface area contributed by atoms with Gasteiger partial charge in [0.15, 0.2) is 5.69 Å². The Morgan fingerprint density at radius 3 is 2.82 bits per heavy atom. The summed E-state index contributed by atoms with van der Waals surface area (Å²) in [6.07, 6.45) is 0.842. The first-order chi connectivity index (χ1) is 10.7. The van der Waals surface area contributed by atoms with E-state index < -0.39 is 0 Å². The van der Waals surface area contributed by atoms with Gasteiger partial charge in [0.05, 0.1) is 38.5 Å². The van der Waals surface area contributed by atoms with Crippen LogP contribution in [-0.2, 0) is 15.9 Å². The fourth-order valence-corrected chi connectivity index (χ4v) is 3.19. The Balaban J connectivity index is 1.65. The molecule has 2 aliphatic rings. The minimum absolute atomic E-state index is 0.00627. The summed E-state index contributed by atoms with van der Waals surface area (Å²) in [7, 11) is 0. The third-order valence-electron chi connectivity index (χ3n) is 4.56. The van der Waals surface area contributed by atoms with E-state index in [1.54, 1.807) is 0 Å². The highest BCUT2D eigenvalue weighted by atomic mass is 16.5. The quantitative estimate of drug-likeness (QED) is 0.825. The van der Waals surface area contributed by atoms with Crippen LogP contribution in [-0.4, -0.2) is 72.6 Å². The van der Waals surface area contributed by atoms with Crippen molar-refractivity contribution in [1.82, 2.24) is 20.4 Å². The van der Waals surface area contributed by atoms with E-state index >= 15 is 0 Å². The van der Waals surface area contributed by atoms with Crippen molar-refractivity contribution in [2.24, 2.45) is 0 Å². The number of H-pyrrole nitrogens is 1. The number of hydrogen-bond acceptors (Lipinski definition) is 5. The number of aromatic amines is 1. The summed E-state index contributed by atoms with van der Waals surface area (Å²) in [6, 6.07) is 0.226. The maximum atomic E-state index is 12.5. The molecule has 2 aliphatic heterocycles. The molecule has 3 rings (SSSR count). The van der Waals surface area contributed by atoms with Crippen LogP contribution in [0.5, 0.6) is 0 Å². The van der Waals surface area contributed by atoms with E-state index in [-0.39, 0.29) is 18.0 Å². The van der Waals surface area contributed by atoms with Gasteiger partial charge in [0, 0.05) is 24.3 Å². The fourth-order valence-electron chi connectivity index (χ4n) is 3.19. The number of amides is 1. The lowest BCUT2D eigenvalue weighted by Crippen LogP contribution is -2.54. The van der Waals surface area contributed by atoms with Crippen molar-refractivity contribution in [3.05, 3.63) is 17.0 Å². The van der Waals surface area contributed by atoms with Gasteiger partial charge in [-0.15, -0.1) is 0 Å². The van der Waals surface area contributed by atoms with Gasteiger partial charge in [0.1, 0.15) is 0 Å². The molecule has 0 spiro atoms. The Labute approximate surface area is 130 Å². The molecule has 0 unspecified atom stereocenters. The lowest BCUT2D eigenvalue weighted by atomic mass is 10.1. The van der Waals surface area contributed by atoms with Crippen LogP contribution in [0.2, 0.25) is 0 Å². The molecule has 0 saturated carbocycles. The van der Waals surface area contributed by atoms with Gasteiger partial charge in [-0.3, -0.25) is 14.8 Å². The maximum absolute atomic E-state index is 12.5. The van der Waals surface area contributed by atoms with Crippen LogP contribution >= 0.6 is 0 Å². The third kappa shape index (κ3) is 3.02. The van der Waals surface area contributed by atoms with Gasteiger partial charge >= 0.3 is 0 Å². The van der Waals surface area contributed by atoms with Gasteiger partial charge in [-0.2, -0.15) is 5.10 Å². The monoisotopic (exact) mass is 308 g/mol. The summed E-state index contributed by atoms with van der Waals surface area (Å²) >= 11 is 0. The first kappa shape index (κ1) is 15.5. The van der Waals surface area contributed by atoms with Crippen LogP contribution in [0.15, 0.2) is 0 Å². The molecule has 0 radical (unpaired) electrons. The van der Waals surface area contributed by atoms with E-state index in [1.165, 1.54) is 0 Å². The van der Waals surface area contributed by atoms with E-state index in [9.17, 15) is 4.79 Å². The van der Waals surface area contributed by atoms with E-state index in [0.717, 1.165) is 44.0 Å². The Morgan fingerprint density at radius 2 is 2.14 bits per heavy atom. The number of rotatable bonds is 4. The summed E-state index contributed by atoms with van der Waals surface area (Å²) in [5.41, 5.74) is 2.43. The van der Waals surface area contributed by atoms with Crippen molar-refractivity contribution < 1.29 is 14.3 Å². The minimum Gasteiger partial charge on any atom is -0.379 e. The van der Waals surface area contributed by atoms with Gasteiger partial charge in [-0.1, -0.05) is 6.92 Å². The smallest absolute Gasteiger partial charge is 0.272 e. The number of nitrogens with one attached hydrogen (secondary N) is 2. The van der Waals surface area contributed by atoms with E-state index in [1.807, 2.05) is 13.8 Å². The molecule has 3 heterocycles. The number of hydrogen-bond donors (Lipinski definition) is 2. The van der Waals surface area contributed by atoms with Crippen molar-refractivity contribution in [1.29, 1.82) is 0 Å². The topological polar surface area (TPSA) is 79.5 Å². The molecule has 1 aromatic rings. The van der Waals surface area contributed by atoms with Gasteiger partial charge < -0.3 is 14.8 Å². The average Bonchev–Trinajstić information content (AvgIpc) is 3.14. The zero-order chi connectivity index (χ0) is 15.5. The molecule has 0 bridgehead atoms. The first-order valence-corrected chi connectivity index (χ1v) is 7.95. The number of aryl methyl sites for hydroxylation is 1. The lowest BCUT2D eigenvalue weighted by molar-refractivity contribution is 0.0108. The molecule has 7 heteroatoms. The summed E-state index contributed by atoms with van der Waals surface area (Å²) in [4.78, 5) is 14.8. The van der Waals surface area contributed by atoms with Crippen LogP contribution < -0.4 is 5.32 Å². The van der Waals surface area contributed by atoms with Crippen LogP contribution in [0, 0.1) is 6.92 Å². The van der Waals surface area contributed by atoms with E-state index in [2.05, 4.69) is 20.4 Å². The predicted octanol–water partition coefficient (Wildman–Crippen LogP) is 0.110. The molecule has 2 saturated heterocycles. The number of ether oxygens (including phenoxy) is 2. The summed E-state index contributed by atoms with van der Waals surface area (Å²) in [5.74, 6) is -0.123. The zero-order valence-electron chi connectivity index (χ0n) is 13.2. The van der Waals surface area contributed by atoms with Crippen molar-refractivity contribution in [2.75, 3.05) is 39.5 Å². The van der Waals surface area contributed by atoms with Crippen molar-refractivity contribution in [2.45, 2.75) is 32.4 Å². The van der Waals surface area contributed by atoms with E-state index in [4.69, 9.17) is 9.47 Å². The molecule has 2 N–H and O–H groups in total. The van der Waals surface area contributed by atoms with Crippen LogP contribution in [0.25, 0.3) is 0 Å². The normalized spacial score (nSPS) is 26.3. The van der Waals surface area contributed by atoms with Gasteiger partial charge in [-0.25, -0.2) is 0 Å². The maximum Gasteiger partial charge on any atom is 0.272 e. The van der Waals surface area contributed by atoms with Gasteiger partial charge in [0.2, 0.25) is 0 Å². The number of nitrogens with zero attached hydrogens (tertiary/aromatic N) is 2. The van der Waals surface area contributed by atoms with Gasteiger partial charge in [0.25, 0.3) is 5.91 Å². The molecular formula is C15H24N4O3. The fraction of sp³-hybridized carbons (Fsp3) is 0.733. The van der Waals surface area contributed by atoms with Crippen LogP contribution in [0.3, 0.4) is 0 Å². The van der Waals surface area contributed by atoms with E-state index in [0.29, 0.717) is 18.9 Å². The second-order valence-electron chi connectivity index (χ2n) is 5.86. The highest BCUT2D eigenvalue weighted by Crippen LogP contribution is 2.17. The molecule has 2 atom stereocenters. The van der Waals surface area contributed by atoms with Crippen molar-refractivity contribution in [3.8, 4) is 0 Å². The van der Waals surface area contributed by atoms with Crippen molar-refractivity contribution >= 4 is 5.91 Å². The third-order valence-corrected chi connectivity index (χ3v) is 4.56. The summed E-state index contributed by atoms with van der Waals surface area (Å²) in [5, 5.41) is 10.2. The Kier molecular flexibility index (Phi) is 4.75. The summed E-state index contributed by atoms with van der Waals surface area (Å²) < 4.78 is 11.0. The number of aromatic nitrogens is 2. The Bertz CT molecular complexity index is 525. The molecule has 1 amide bonds. The molecule has 1 aromatic heterocycles. The molecule has 22 heavy (non-hydrogen) atoms. The number of morpholine rings is 1. The van der Waals surface area contributed by atoms with Crippen LogP contribution in [0.4, 0.5) is 0 Å². The van der Waals surface area contributed by atoms with Crippen LogP contribution in [0.1, 0.15) is 28.7 Å². The molecular weight excluding hydrogens is 284 g/mol. The molecule has 0 aromatic carbocycles. The predicted molar refractivity (Wildman–Crippen MR) is 81.0 cm³/mol. The average molecular weight is 308 g/mol. The molecule has 122 valence electrons. The lowest BCUT2D eigenvalue weighted by Gasteiger charge is -2.34. The van der Waals surface area contributed by atoms with Crippen molar-refractivity contribution in [3.63, 3.8) is 0 Å². The van der Waals surface area contributed by atoms with Gasteiger partial charge in [-0.05, 0) is 13.3 Å². The minimum atomic E-state index is -0.123. The molecule has 2 fully saturated rings. The molecule has 0 aliphatic carbocycles. The summed E-state index contributed by atoms with van der Waals surface area (Å²) in [6.45, 7) is 8.46. The molecule has 7 nitrogen and oxygen atoms in total. The number of carbonyl (C=O) groups is 1. The highest BCUT2D eigenvalue weighted by Gasteiger charge is 2.35. The largest absolute Gasteiger partial charge is 0.379 e. The Hall–Kier alpha value is -1.44. The Morgan fingerprint density at radius 1 is 1.36 bits per heavy atom. The second-order valence-corrected chi connectivity index (χ2v) is 5.86. The zero-order valence-corrected chi connectivity index (χ0v) is 13.2. The second kappa shape index (κ2) is 6.76. The standard InChI is InChI=1S/C15H24N4O3/c1-3-11-10(2)14(18-17-11)15(20)16-12-8-22-9-13(12)19-4-6-21-7-5-19/h12-13H,3-9H2,1-2H3,(H,16,20)(H,17,18)/t12-,13-/m0/s1. The number of carbonyl (C=O) groups excluding carboxylic acids is 1. The SMILES string of the molecule is CCc1[nH]nc(C(=O)N[C@H]2COC[C@@H]2N2CCOCC2)c1C. The highest BCUT2D eigenvalue weighted by molar-refractivity contribution is 5.94.